The lowest BCUT2D eigenvalue weighted by Gasteiger charge is -2.37. The smallest absolute Gasteiger partial charge is 0.245 e. The Bertz CT molecular complexity index is 370. The van der Waals surface area contributed by atoms with E-state index in [0.29, 0.717) is 19.0 Å². The van der Waals surface area contributed by atoms with Gasteiger partial charge in [0, 0.05) is 25.6 Å². The Balaban J connectivity index is 2.13. The average Bonchev–Trinajstić information content (AvgIpc) is 2.63. The number of amides is 2. The van der Waals surface area contributed by atoms with E-state index in [1.54, 1.807) is 0 Å². The van der Waals surface area contributed by atoms with Crippen molar-refractivity contribution >= 4 is 11.8 Å². The van der Waals surface area contributed by atoms with Crippen LogP contribution >= 0.6 is 0 Å². The zero-order valence-electron chi connectivity index (χ0n) is 13.6. The maximum absolute atomic E-state index is 12.9. The van der Waals surface area contributed by atoms with Gasteiger partial charge >= 0.3 is 0 Å². The summed E-state index contributed by atoms with van der Waals surface area (Å²) in [5, 5.41) is 0. The molecule has 0 spiro atoms. The molecule has 4 nitrogen and oxygen atoms in total. The first-order valence-corrected chi connectivity index (χ1v) is 8.79. The molecule has 2 fully saturated rings. The van der Waals surface area contributed by atoms with Crippen molar-refractivity contribution in [2.45, 2.75) is 83.7 Å². The molecule has 120 valence electrons. The minimum atomic E-state index is -0.172. The lowest BCUT2D eigenvalue weighted by molar-refractivity contribution is -0.144. The van der Waals surface area contributed by atoms with Crippen molar-refractivity contribution in [3.63, 3.8) is 0 Å². The number of hydrogen-bond acceptors (Lipinski definition) is 2. The van der Waals surface area contributed by atoms with Gasteiger partial charge in [-0.15, -0.1) is 0 Å². The van der Waals surface area contributed by atoms with Gasteiger partial charge in [-0.25, -0.2) is 0 Å². The zero-order chi connectivity index (χ0) is 15.2. The molecule has 21 heavy (non-hydrogen) atoms. The van der Waals surface area contributed by atoms with Gasteiger partial charge < -0.3 is 9.80 Å². The van der Waals surface area contributed by atoms with E-state index >= 15 is 0 Å². The number of piperidine rings is 1. The van der Waals surface area contributed by atoms with E-state index in [2.05, 4.69) is 13.8 Å². The highest BCUT2D eigenvalue weighted by molar-refractivity contribution is 5.90. The molecule has 2 unspecified atom stereocenters. The molecule has 0 aromatic carbocycles. The van der Waals surface area contributed by atoms with E-state index in [4.69, 9.17) is 0 Å². The van der Waals surface area contributed by atoms with Crippen molar-refractivity contribution in [1.82, 2.24) is 9.80 Å². The molecular weight excluding hydrogens is 264 g/mol. The van der Waals surface area contributed by atoms with Gasteiger partial charge in [0.1, 0.15) is 6.04 Å². The summed E-state index contributed by atoms with van der Waals surface area (Å²) in [6.07, 6.45) is 9.05. The molecule has 4 heteroatoms. The van der Waals surface area contributed by atoms with E-state index in [1.807, 2.05) is 9.80 Å². The van der Waals surface area contributed by atoms with Crippen LogP contribution in [0.2, 0.25) is 0 Å². The standard InChI is InChI=1S/C17H30N2O2/c1-3-5-9-14(8-4-2)18-13-11-16(20)19-12-7-6-10-15(19)17(18)21/h14-15H,3-13H2,1-2H3. The minimum absolute atomic E-state index is 0.172. The second-order valence-electron chi connectivity index (χ2n) is 6.47. The largest absolute Gasteiger partial charge is 0.337 e. The van der Waals surface area contributed by atoms with Crippen molar-refractivity contribution in [3.8, 4) is 0 Å². The van der Waals surface area contributed by atoms with Crippen LogP contribution in [0.4, 0.5) is 0 Å². The van der Waals surface area contributed by atoms with Crippen LogP contribution in [-0.4, -0.2) is 46.8 Å². The Hall–Kier alpha value is -1.06. The number of fused-ring (bicyclic) bond motifs is 1. The van der Waals surface area contributed by atoms with Crippen LogP contribution in [0.1, 0.15) is 71.6 Å². The van der Waals surface area contributed by atoms with Gasteiger partial charge in [-0.05, 0) is 32.1 Å². The number of rotatable bonds is 6. The molecular formula is C17H30N2O2. The molecule has 0 aromatic rings. The molecule has 2 rings (SSSR count). The van der Waals surface area contributed by atoms with Crippen LogP contribution in [-0.2, 0) is 9.59 Å². The van der Waals surface area contributed by atoms with E-state index in [-0.39, 0.29) is 17.9 Å². The molecule has 2 atom stereocenters. The zero-order valence-corrected chi connectivity index (χ0v) is 13.6. The fourth-order valence-corrected chi connectivity index (χ4v) is 3.74. The molecule has 0 saturated carbocycles. The molecule has 2 heterocycles. The Morgan fingerprint density at radius 2 is 1.90 bits per heavy atom. The fourth-order valence-electron chi connectivity index (χ4n) is 3.74. The van der Waals surface area contributed by atoms with E-state index < -0.39 is 0 Å². The monoisotopic (exact) mass is 294 g/mol. The Morgan fingerprint density at radius 1 is 1.10 bits per heavy atom. The summed E-state index contributed by atoms with van der Waals surface area (Å²) in [7, 11) is 0. The van der Waals surface area contributed by atoms with Crippen LogP contribution in [0.3, 0.4) is 0 Å². The Labute approximate surface area is 128 Å². The van der Waals surface area contributed by atoms with Crippen LogP contribution in [0.5, 0.6) is 0 Å². The molecule has 0 bridgehead atoms. The van der Waals surface area contributed by atoms with Gasteiger partial charge in [0.05, 0.1) is 0 Å². The van der Waals surface area contributed by atoms with E-state index in [9.17, 15) is 9.59 Å². The lowest BCUT2D eigenvalue weighted by atomic mass is 9.99. The van der Waals surface area contributed by atoms with Gasteiger partial charge in [0.2, 0.25) is 11.8 Å². The topological polar surface area (TPSA) is 40.6 Å². The van der Waals surface area contributed by atoms with Crippen LogP contribution in [0.25, 0.3) is 0 Å². The third kappa shape index (κ3) is 3.78. The van der Waals surface area contributed by atoms with Crippen molar-refractivity contribution in [3.05, 3.63) is 0 Å². The van der Waals surface area contributed by atoms with Crippen molar-refractivity contribution in [2.75, 3.05) is 13.1 Å². The lowest BCUT2D eigenvalue weighted by Crippen LogP contribution is -2.51. The number of nitrogens with zero attached hydrogens (tertiary/aromatic N) is 2. The number of carbonyl (C=O) groups is 2. The number of unbranched alkanes of at least 4 members (excludes halogenated alkanes) is 1. The van der Waals surface area contributed by atoms with E-state index in [0.717, 1.165) is 57.9 Å². The number of hydrogen-bond donors (Lipinski definition) is 0. The average molecular weight is 294 g/mol. The van der Waals surface area contributed by atoms with Gasteiger partial charge in [-0.3, -0.25) is 9.59 Å². The SMILES string of the molecule is CCCCC(CCC)N1CCC(=O)N2CCCCC2C1=O. The predicted octanol–water partition coefficient (Wildman–Crippen LogP) is 2.96. The van der Waals surface area contributed by atoms with Crippen LogP contribution < -0.4 is 0 Å². The summed E-state index contributed by atoms with van der Waals surface area (Å²) in [6, 6.07) is 0.159. The highest BCUT2D eigenvalue weighted by atomic mass is 16.2. The molecule has 2 amide bonds. The first-order valence-electron chi connectivity index (χ1n) is 8.79. The second-order valence-corrected chi connectivity index (χ2v) is 6.47. The quantitative estimate of drug-likeness (QED) is 0.755. The Kier molecular flexibility index (Phi) is 6.07. The van der Waals surface area contributed by atoms with Crippen molar-refractivity contribution in [1.29, 1.82) is 0 Å². The summed E-state index contributed by atoms with van der Waals surface area (Å²) in [4.78, 5) is 29.1. The molecule has 0 aliphatic carbocycles. The Morgan fingerprint density at radius 3 is 2.62 bits per heavy atom. The maximum atomic E-state index is 12.9. The minimum Gasteiger partial charge on any atom is -0.337 e. The van der Waals surface area contributed by atoms with Crippen molar-refractivity contribution < 1.29 is 9.59 Å². The van der Waals surface area contributed by atoms with Crippen molar-refractivity contribution in [2.24, 2.45) is 0 Å². The molecule has 0 radical (unpaired) electrons. The summed E-state index contributed by atoms with van der Waals surface area (Å²) < 4.78 is 0. The molecule has 0 aromatic heterocycles. The van der Waals surface area contributed by atoms with Gasteiger partial charge in [-0.1, -0.05) is 33.1 Å². The summed E-state index contributed by atoms with van der Waals surface area (Å²) >= 11 is 0. The van der Waals surface area contributed by atoms with Gasteiger partial charge in [0.15, 0.2) is 0 Å². The van der Waals surface area contributed by atoms with Crippen LogP contribution in [0, 0.1) is 0 Å². The van der Waals surface area contributed by atoms with Crippen LogP contribution in [0.15, 0.2) is 0 Å². The van der Waals surface area contributed by atoms with Gasteiger partial charge in [0.25, 0.3) is 0 Å². The predicted molar refractivity (Wildman–Crippen MR) is 83.9 cm³/mol. The second kappa shape index (κ2) is 7.81. The normalized spacial score (nSPS) is 24.8. The molecule has 2 aliphatic rings. The fraction of sp³-hybridized carbons (Fsp3) is 0.882. The molecule has 2 aliphatic heterocycles. The molecule has 2 saturated heterocycles. The van der Waals surface area contributed by atoms with Gasteiger partial charge in [-0.2, -0.15) is 0 Å². The highest BCUT2D eigenvalue weighted by Crippen LogP contribution is 2.26. The molecule has 0 N–H and O–H groups in total. The summed E-state index contributed by atoms with van der Waals surface area (Å²) in [5.74, 6) is 0.399. The number of carbonyl (C=O) groups excluding carboxylic acids is 2. The maximum Gasteiger partial charge on any atom is 0.245 e. The first kappa shape index (κ1) is 16.3. The summed E-state index contributed by atoms with van der Waals surface area (Å²) in [5.41, 5.74) is 0. The third-order valence-corrected chi connectivity index (χ3v) is 4.91. The summed E-state index contributed by atoms with van der Waals surface area (Å²) in [6.45, 7) is 5.77. The first-order chi connectivity index (χ1) is 10.2. The van der Waals surface area contributed by atoms with E-state index in [1.165, 1.54) is 0 Å². The highest BCUT2D eigenvalue weighted by Gasteiger charge is 2.39. The third-order valence-electron chi connectivity index (χ3n) is 4.91.